The molecule has 0 radical (unpaired) electrons. The highest BCUT2D eigenvalue weighted by atomic mass is 32.1. The number of carboxylic acid groups (broad SMARTS) is 1. The third kappa shape index (κ3) is 5.85. The number of carboxylic acids is 1. The Morgan fingerprint density at radius 3 is 2.80 bits per heavy atom. The van der Waals surface area contributed by atoms with Gasteiger partial charge in [-0.05, 0) is 44.9 Å². The maximum absolute atomic E-state index is 15.6. The van der Waals surface area contributed by atoms with Gasteiger partial charge in [0.15, 0.2) is 10.8 Å². The van der Waals surface area contributed by atoms with Crippen molar-refractivity contribution in [1.82, 2.24) is 20.3 Å². The van der Waals surface area contributed by atoms with Gasteiger partial charge in [-0.1, -0.05) is 12.1 Å². The highest BCUT2D eigenvalue weighted by Crippen LogP contribution is 2.42. The number of rotatable bonds is 10. The molecule has 0 bridgehead atoms. The molecule has 2 saturated heterocycles. The Labute approximate surface area is 256 Å². The fourth-order valence-electron chi connectivity index (χ4n) is 5.46. The van der Waals surface area contributed by atoms with Gasteiger partial charge in [0.05, 0.1) is 44.7 Å². The zero-order valence-corrected chi connectivity index (χ0v) is 25.3. The van der Waals surface area contributed by atoms with Crippen LogP contribution in [0.1, 0.15) is 44.3 Å². The summed E-state index contributed by atoms with van der Waals surface area (Å²) in [6.45, 7) is 3.18. The lowest BCUT2D eigenvalue weighted by atomic mass is 9.87. The molecule has 2 aromatic rings. The number of thiazole rings is 1. The van der Waals surface area contributed by atoms with E-state index in [1.807, 2.05) is 0 Å². The second-order valence-electron chi connectivity index (χ2n) is 11.3. The quantitative estimate of drug-likeness (QED) is 0.295. The molecule has 44 heavy (non-hydrogen) atoms. The zero-order valence-electron chi connectivity index (χ0n) is 25.4. The van der Waals surface area contributed by atoms with Crippen molar-refractivity contribution in [3.63, 3.8) is 0 Å². The first-order valence-corrected chi connectivity index (χ1v) is 14.8. The molecule has 0 spiro atoms. The van der Waals surface area contributed by atoms with Crippen molar-refractivity contribution in [3.05, 3.63) is 63.0 Å². The lowest BCUT2D eigenvalue weighted by Gasteiger charge is -2.31. The van der Waals surface area contributed by atoms with Crippen LogP contribution in [0, 0.1) is 18.2 Å². The van der Waals surface area contributed by atoms with Gasteiger partial charge in [0, 0.05) is 23.8 Å². The largest absolute Gasteiger partial charge is 0.481 e. The Morgan fingerprint density at radius 2 is 2.14 bits per heavy atom. The number of halogens is 4. The van der Waals surface area contributed by atoms with Crippen molar-refractivity contribution in [3.8, 4) is 0 Å². The van der Waals surface area contributed by atoms with E-state index in [1.165, 1.54) is 61.4 Å². The molecular weight excluding hydrogens is 606 g/mol. The van der Waals surface area contributed by atoms with Gasteiger partial charge in [-0.25, -0.2) is 27.3 Å². The third-order valence-corrected chi connectivity index (χ3v) is 8.89. The summed E-state index contributed by atoms with van der Waals surface area (Å²) < 4.78 is 75.9. The van der Waals surface area contributed by atoms with E-state index in [0.717, 1.165) is 5.06 Å². The fraction of sp³-hybridized carbons (Fsp3) is 0.517. The summed E-state index contributed by atoms with van der Waals surface area (Å²) in [6, 6.07) is -0.794. The zero-order chi connectivity index (χ0) is 32.9. The molecule has 15 heteroatoms. The molecule has 0 unspecified atom stereocenters. The summed E-state index contributed by atoms with van der Waals surface area (Å²) in [5.41, 5.74) is -2.02. The second kappa shape index (κ2) is 12.2. The van der Waals surface area contributed by atoms with Crippen molar-refractivity contribution >= 4 is 29.1 Å². The summed E-state index contributed by atoms with van der Waals surface area (Å²) >= 11 is 1.18. The molecule has 238 valence electrons. The van der Waals surface area contributed by atoms with Gasteiger partial charge >= 0.3 is 11.9 Å². The van der Waals surface area contributed by atoms with Gasteiger partial charge in [0.1, 0.15) is 24.0 Å². The average molecular weight is 641 g/mol. The van der Waals surface area contributed by atoms with Crippen molar-refractivity contribution in [2.45, 2.75) is 57.9 Å². The number of hydrogen-bond donors (Lipinski definition) is 2. The van der Waals surface area contributed by atoms with Crippen molar-refractivity contribution in [2.75, 3.05) is 32.8 Å². The SMILES string of the molecule is [2H][C@@]1(c2cccc(F)c2C)N=C(c2nccs2)NC(CN2CC(F)(F)[C@H]3[C@@H]2CON3C[C@@H](F)C(C)(C)C(=O)O)=C1C(=O)OCC. The van der Waals surface area contributed by atoms with Crippen LogP contribution in [0.5, 0.6) is 0 Å². The predicted octanol–water partition coefficient (Wildman–Crippen LogP) is 3.88. The number of benzene rings is 1. The van der Waals surface area contributed by atoms with Crippen molar-refractivity contribution < 1.29 is 43.2 Å². The summed E-state index contributed by atoms with van der Waals surface area (Å²) in [7, 11) is 0. The van der Waals surface area contributed by atoms with E-state index < -0.39 is 66.5 Å². The topological polar surface area (TPSA) is 117 Å². The summed E-state index contributed by atoms with van der Waals surface area (Å²) in [6.07, 6.45) is -0.514. The number of aromatic nitrogens is 1. The van der Waals surface area contributed by atoms with E-state index in [9.17, 15) is 20.5 Å². The first-order chi connectivity index (χ1) is 21.1. The monoisotopic (exact) mass is 640 g/mol. The molecule has 4 atom stereocenters. The van der Waals surface area contributed by atoms with Crippen LogP contribution in [-0.4, -0.2) is 94.9 Å². The minimum atomic E-state index is -3.42. The molecule has 0 aliphatic carbocycles. The third-order valence-electron chi connectivity index (χ3n) is 8.11. The minimum absolute atomic E-state index is 0.0255. The van der Waals surface area contributed by atoms with E-state index in [2.05, 4.69) is 15.3 Å². The van der Waals surface area contributed by atoms with Gasteiger partial charge < -0.3 is 15.2 Å². The van der Waals surface area contributed by atoms with Crippen LogP contribution in [0.4, 0.5) is 17.6 Å². The lowest BCUT2D eigenvalue weighted by Crippen LogP contribution is -2.50. The summed E-state index contributed by atoms with van der Waals surface area (Å²) in [5, 5.41) is 15.2. The van der Waals surface area contributed by atoms with Crippen LogP contribution in [0.2, 0.25) is 0 Å². The molecule has 4 heterocycles. The molecule has 0 saturated carbocycles. The van der Waals surface area contributed by atoms with E-state index in [4.69, 9.17) is 9.57 Å². The van der Waals surface area contributed by atoms with Crippen molar-refractivity contribution in [2.24, 2.45) is 10.4 Å². The Balaban J connectivity index is 1.55. The van der Waals surface area contributed by atoms with Gasteiger partial charge in [0.25, 0.3) is 5.92 Å². The van der Waals surface area contributed by atoms with E-state index in [-0.39, 0.29) is 48.0 Å². The van der Waals surface area contributed by atoms with E-state index >= 15 is 13.2 Å². The molecule has 0 amide bonds. The van der Waals surface area contributed by atoms with Crippen LogP contribution in [-0.2, 0) is 19.2 Å². The van der Waals surface area contributed by atoms with E-state index in [0.29, 0.717) is 5.01 Å². The standard InChI is InChI=1S/C29H33F4N5O5S/c1-5-42-26(39)21-18(35-24(25-34-9-10-44-25)36-22(21)16-7-6-8-17(30)15(16)2)11-37-14-29(32,33)23-19(37)13-43-38(23)12-20(31)28(3,4)27(40)41/h6-10,19-20,22-23H,5,11-14H2,1-4H3,(H,35,36)(H,40,41)/t19-,20+,22-,23+/m0/s1/i22D. The molecule has 1 aromatic heterocycles. The highest BCUT2D eigenvalue weighted by molar-refractivity contribution is 7.11. The number of aliphatic carboxylic acids is 1. The Bertz CT molecular complexity index is 1540. The van der Waals surface area contributed by atoms with Crippen LogP contribution in [0.15, 0.2) is 46.0 Å². The fourth-order valence-corrected chi connectivity index (χ4v) is 6.04. The van der Waals surface area contributed by atoms with Gasteiger partial charge in [-0.15, -0.1) is 11.3 Å². The first kappa shape index (κ1) is 30.6. The number of hydrogen-bond acceptors (Lipinski definition) is 10. The number of amidine groups is 1. The van der Waals surface area contributed by atoms with Crippen LogP contribution < -0.4 is 5.32 Å². The number of nitrogens with one attached hydrogen (secondary N) is 1. The smallest absolute Gasteiger partial charge is 0.338 e. The van der Waals surface area contributed by atoms with Gasteiger partial charge in [-0.2, -0.15) is 5.06 Å². The number of esters is 1. The summed E-state index contributed by atoms with van der Waals surface area (Å²) in [4.78, 5) is 40.7. The molecule has 2 N–H and O–H groups in total. The van der Waals surface area contributed by atoms with Crippen LogP contribution in [0.25, 0.3) is 0 Å². The number of ether oxygens (including phenoxy) is 1. The predicted molar refractivity (Wildman–Crippen MR) is 152 cm³/mol. The second-order valence-corrected chi connectivity index (χ2v) is 12.2. The number of likely N-dealkylation sites (tertiary alicyclic amines) is 1. The maximum Gasteiger partial charge on any atom is 0.338 e. The number of fused-ring (bicyclic) bond motifs is 1. The number of hydroxylamine groups is 2. The minimum Gasteiger partial charge on any atom is -0.481 e. The summed E-state index contributed by atoms with van der Waals surface area (Å²) in [5.74, 6) is -6.33. The average Bonchev–Trinajstić information content (AvgIpc) is 3.69. The normalized spacial score (nSPS) is 26.5. The maximum atomic E-state index is 15.6. The molecule has 1 aromatic carbocycles. The highest BCUT2D eigenvalue weighted by Gasteiger charge is 2.61. The Hall–Kier alpha value is -3.40. The number of carbonyl (C=O) groups excluding carboxylic acids is 1. The molecule has 2 fully saturated rings. The van der Waals surface area contributed by atoms with E-state index in [1.54, 1.807) is 12.3 Å². The molecule has 3 aliphatic heterocycles. The molecule has 3 aliphatic rings. The number of aliphatic imine (C=N–C) groups is 1. The van der Waals surface area contributed by atoms with Crippen molar-refractivity contribution in [1.29, 1.82) is 0 Å². The van der Waals surface area contributed by atoms with Gasteiger partial charge in [-0.3, -0.25) is 19.5 Å². The number of alkyl halides is 3. The molecule has 10 nitrogen and oxygen atoms in total. The first-order valence-electron chi connectivity index (χ1n) is 14.4. The molecular formula is C29H33F4N5O5S. The van der Waals surface area contributed by atoms with Crippen LogP contribution in [0.3, 0.4) is 0 Å². The van der Waals surface area contributed by atoms with Gasteiger partial charge in [0.2, 0.25) is 0 Å². The Morgan fingerprint density at radius 1 is 1.39 bits per heavy atom. The van der Waals surface area contributed by atoms with Crippen LogP contribution >= 0.6 is 11.3 Å². The lowest BCUT2D eigenvalue weighted by molar-refractivity contribution is -0.196. The number of carbonyl (C=O) groups is 2. The molecule has 5 rings (SSSR count). The number of nitrogens with zero attached hydrogens (tertiary/aromatic N) is 4. The Kier molecular flexibility index (Phi) is 8.48.